The maximum atomic E-state index is 10.4. The Bertz CT molecular complexity index is 385. The first-order chi connectivity index (χ1) is 7.72. The summed E-state index contributed by atoms with van der Waals surface area (Å²) in [5.74, 6) is -0.869. The minimum atomic E-state index is -0.869. The number of rotatable bonds is 6. The highest BCUT2D eigenvalue weighted by atomic mass is 16.4. The van der Waals surface area contributed by atoms with E-state index in [0.717, 1.165) is 5.56 Å². The van der Waals surface area contributed by atoms with Crippen LogP contribution < -0.4 is 0 Å². The molecule has 0 bridgehead atoms. The van der Waals surface area contributed by atoms with Gasteiger partial charge in [0.05, 0.1) is 0 Å². The first-order valence-corrected chi connectivity index (χ1v) is 5.02. The standard InChI is InChI=1S/C11H13N3O2/c12-14-13-10(6-7-11(15)16)8-9-4-2-1-3-5-9/h1-5,10H,6-8H2,(H,15,16). The molecule has 0 saturated heterocycles. The van der Waals surface area contributed by atoms with E-state index in [1.54, 1.807) is 0 Å². The van der Waals surface area contributed by atoms with Gasteiger partial charge in [-0.15, -0.1) is 0 Å². The normalized spacial score (nSPS) is 11.5. The van der Waals surface area contributed by atoms with Crippen molar-refractivity contribution in [2.75, 3.05) is 0 Å². The Balaban J connectivity index is 2.57. The molecular weight excluding hydrogens is 206 g/mol. The van der Waals surface area contributed by atoms with E-state index in [1.807, 2.05) is 30.3 Å². The van der Waals surface area contributed by atoms with Gasteiger partial charge < -0.3 is 5.11 Å². The van der Waals surface area contributed by atoms with Gasteiger partial charge in [0.2, 0.25) is 0 Å². The summed E-state index contributed by atoms with van der Waals surface area (Å²) in [5, 5.41) is 12.2. The highest BCUT2D eigenvalue weighted by molar-refractivity contribution is 5.66. The number of azide groups is 1. The summed E-state index contributed by atoms with van der Waals surface area (Å²) in [6.45, 7) is 0. The van der Waals surface area contributed by atoms with Crippen LogP contribution in [-0.4, -0.2) is 17.1 Å². The third-order valence-electron chi connectivity index (χ3n) is 2.22. The number of hydrogen-bond donors (Lipinski definition) is 1. The van der Waals surface area contributed by atoms with Gasteiger partial charge in [0.1, 0.15) is 0 Å². The molecule has 5 nitrogen and oxygen atoms in total. The third-order valence-corrected chi connectivity index (χ3v) is 2.22. The van der Waals surface area contributed by atoms with Crippen LogP contribution in [0.1, 0.15) is 18.4 Å². The summed E-state index contributed by atoms with van der Waals surface area (Å²) in [6, 6.07) is 9.28. The molecule has 1 rings (SSSR count). The average Bonchev–Trinajstić information content (AvgIpc) is 2.27. The molecule has 1 N–H and O–H groups in total. The van der Waals surface area contributed by atoms with Gasteiger partial charge in [0.25, 0.3) is 0 Å². The molecule has 1 unspecified atom stereocenters. The van der Waals surface area contributed by atoms with E-state index >= 15 is 0 Å². The van der Waals surface area contributed by atoms with Crippen molar-refractivity contribution in [3.63, 3.8) is 0 Å². The van der Waals surface area contributed by atoms with Crippen LogP contribution in [0, 0.1) is 0 Å². The summed E-state index contributed by atoms with van der Waals surface area (Å²) in [4.78, 5) is 13.2. The van der Waals surface area contributed by atoms with Crippen molar-refractivity contribution >= 4 is 5.97 Å². The molecule has 0 radical (unpaired) electrons. The van der Waals surface area contributed by atoms with Crippen molar-refractivity contribution in [2.24, 2.45) is 5.11 Å². The van der Waals surface area contributed by atoms with Crippen molar-refractivity contribution in [3.05, 3.63) is 46.3 Å². The van der Waals surface area contributed by atoms with E-state index in [1.165, 1.54) is 0 Å². The van der Waals surface area contributed by atoms with Crippen LogP contribution in [-0.2, 0) is 11.2 Å². The Morgan fingerprint density at radius 3 is 2.69 bits per heavy atom. The Kier molecular flexibility index (Phi) is 4.89. The Labute approximate surface area is 93.3 Å². The van der Waals surface area contributed by atoms with Crippen molar-refractivity contribution < 1.29 is 9.90 Å². The lowest BCUT2D eigenvalue weighted by atomic mass is 10.0. The zero-order valence-electron chi connectivity index (χ0n) is 8.78. The fourth-order valence-corrected chi connectivity index (χ4v) is 1.45. The Morgan fingerprint density at radius 1 is 1.44 bits per heavy atom. The van der Waals surface area contributed by atoms with Crippen LogP contribution >= 0.6 is 0 Å². The molecule has 84 valence electrons. The number of carboxylic acids is 1. The first kappa shape index (κ1) is 12.1. The molecule has 0 aliphatic heterocycles. The van der Waals surface area contributed by atoms with Gasteiger partial charge in [0.15, 0.2) is 0 Å². The molecule has 0 saturated carbocycles. The minimum absolute atomic E-state index is 0.0243. The molecule has 0 amide bonds. The highest BCUT2D eigenvalue weighted by Crippen LogP contribution is 2.11. The van der Waals surface area contributed by atoms with Gasteiger partial charge in [0, 0.05) is 17.4 Å². The van der Waals surface area contributed by atoms with Crippen molar-refractivity contribution in [3.8, 4) is 0 Å². The monoisotopic (exact) mass is 219 g/mol. The van der Waals surface area contributed by atoms with Gasteiger partial charge in [-0.2, -0.15) is 0 Å². The summed E-state index contributed by atoms with van der Waals surface area (Å²) < 4.78 is 0. The lowest BCUT2D eigenvalue weighted by molar-refractivity contribution is -0.137. The molecule has 0 aliphatic carbocycles. The fourth-order valence-electron chi connectivity index (χ4n) is 1.45. The van der Waals surface area contributed by atoms with Crippen LogP contribution in [0.2, 0.25) is 0 Å². The molecule has 1 atom stereocenters. The van der Waals surface area contributed by atoms with Crippen LogP contribution in [0.5, 0.6) is 0 Å². The Morgan fingerprint density at radius 2 is 2.12 bits per heavy atom. The smallest absolute Gasteiger partial charge is 0.303 e. The lowest BCUT2D eigenvalue weighted by Crippen LogP contribution is -2.10. The topological polar surface area (TPSA) is 86.1 Å². The molecule has 0 heterocycles. The van der Waals surface area contributed by atoms with Gasteiger partial charge in [-0.3, -0.25) is 4.79 Å². The van der Waals surface area contributed by atoms with Gasteiger partial charge in [-0.05, 0) is 23.9 Å². The first-order valence-electron chi connectivity index (χ1n) is 5.02. The summed E-state index contributed by atoms with van der Waals surface area (Å²) in [7, 11) is 0. The third kappa shape index (κ3) is 4.48. The molecular formula is C11H13N3O2. The number of aliphatic carboxylic acids is 1. The Hall–Kier alpha value is -2.00. The number of carbonyl (C=O) groups is 1. The molecule has 0 spiro atoms. The highest BCUT2D eigenvalue weighted by Gasteiger charge is 2.09. The number of hydrogen-bond acceptors (Lipinski definition) is 2. The van der Waals surface area contributed by atoms with E-state index < -0.39 is 5.97 Å². The zero-order valence-corrected chi connectivity index (χ0v) is 8.78. The van der Waals surface area contributed by atoms with Crippen LogP contribution in [0.4, 0.5) is 0 Å². The van der Waals surface area contributed by atoms with E-state index in [-0.39, 0.29) is 12.5 Å². The van der Waals surface area contributed by atoms with E-state index in [2.05, 4.69) is 10.0 Å². The quantitative estimate of drug-likeness (QED) is 0.453. The maximum Gasteiger partial charge on any atom is 0.303 e. The predicted octanol–water partition coefficient (Wildman–Crippen LogP) is 2.77. The van der Waals surface area contributed by atoms with Crippen LogP contribution in [0.15, 0.2) is 35.4 Å². The molecule has 16 heavy (non-hydrogen) atoms. The van der Waals surface area contributed by atoms with Gasteiger partial charge in [-0.25, -0.2) is 0 Å². The summed E-state index contributed by atoms with van der Waals surface area (Å²) >= 11 is 0. The lowest BCUT2D eigenvalue weighted by Gasteiger charge is -2.09. The molecule has 1 aromatic carbocycles. The van der Waals surface area contributed by atoms with Crippen LogP contribution in [0.25, 0.3) is 10.4 Å². The predicted molar refractivity (Wildman–Crippen MR) is 59.9 cm³/mol. The van der Waals surface area contributed by atoms with Crippen molar-refractivity contribution in [1.29, 1.82) is 0 Å². The van der Waals surface area contributed by atoms with Crippen molar-refractivity contribution in [2.45, 2.75) is 25.3 Å². The molecule has 0 fully saturated rings. The minimum Gasteiger partial charge on any atom is -0.481 e. The largest absolute Gasteiger partial charge is 0.481 e. The summed E-state index contributed by atoms with van der Waals surface area (Å²) in [5.41, 5.74) is 9.44. The van der Waals surface area contributed by atoms with E-state index in [0.29, 0.717) is 12.8 Å². The fraction of sp³-hybridized carbons (Fsp3) is 0.364. The number of nitrogens with zero attached hydrogens (tertiary/aromatic N) is 3. The van der Waals surface area contributed by atoms with E-state index in [9.17, 15) is 4.79 Å². The summed E-state index contributed by atoms with van der Waals surface area (Å²) in [6.07, 6.45) is 0.975. The number of benzene rings is 1. The average molecular weight is 219 g/mol. The van der Waals surface area contributed by atoms with Crippen molar-refractivity contribution in [1.82, 2.24) is 0 Å². The molecule has 1 aromatic rings. The van der Waals surface area contributed by atoms with Gasteiger partial charge >= 0.3 is 5.97 Å². The molecule has 0 aromatic heterocycles. The van der Waals surface area contributed by atoms with Gasteiger partial charge in [-0.1, -0.05) is 35.4 Å². The second kappa shape index (κ2) is 6.48. The SMILES string of the molecule is [N-]=[N+]=NC(CCC(=O)O)Cc1ccccc1. The number of carboxylic acid groups (broad SMARTS) is 1. The zero-order chi connectivity index (χ0) is 11.8. The van der Waals surface area contributed by atoms with E-state index in [4.69, 9.17) is 10.6 Å². The molecule has 5 heteroatoms. The van der Waals surface area contributed by atoms with Crippen LogP contribution in [0.3, 0.4) is 0 Å². The molecule has 0 aliphatic rings. The maximum absolute atomic E-state index is 10.4. The second-order valence-electron chi connectivity index (χ2n) is 3.48. The second-order valence-corrected chi connectivity index (χ2v) is 3.48.